The van der Waals surface area contributed by atoms with Crippen molar-refractivity contribution in [1.82, 2.24) is 14.8 Å². The second-order valence-electron chi connectivity index (χ2n) is 6.01. The first-order chi connectivity index (χ1) is 12.1. The molecule has 1 aromatic heterocycles. The van der Waals surface area contributed by atoms with E-state index in [0.29, 0.717) is 38.3 Å². The smallest absolute Gasteiger partial charge is 0.409 e. The highest BCUT2D eigenvalue weighted by molar-refractivity contribution is 5.94. The summed E-state index contributed by atoms with van der Waals surface area (Å²) in [6.45, 7) is 8.87. The van der Waals surface area contributed by atoms with Gasteiger partial charge >= 0.3 is 6.09 Å². The predicted octanol–water partition coefficient (Wildman–Crippen LogP) is 2.60. The Labute approximate surface area is 149 Å². The summed E-state index contributed by atoms with van der Waals surface area (Å²) in [5.74, 6) is 0.762. The van der Waals surface area contributed by atoms with Crippen LogP contribution in [-0.4, -0.2) is 65.6 Å². The summed E-state index contributed by atoms with van der Waals surface area (Å²) >= 11 is 0. The Morgan fingerprint density at radius 1 is 1.24 bits per heavy atom. The van der Waals surface area contributed by atoms with Crippen molar-refractivity contribution in [1.29, 1.82) is 0 Å². The fourth-order valence-electron chi connectivity index (χ4n) is 2.93. The van der Waals surface area contributed by atoms with Gasteiger partial charge in [0.1, 0.15) is 5.82 Å². The van der Waals surface area contributed by atoms with E-state index in [1.54, 1.807) is 16.0 Å². The molecule has 0 aromatic carbocycles. The lowest BCUT2D eigenvalue weighted by Crippen LogP contribution is -2.42. The average molecular weight is 348 g/mol. The number of anilines is 1. The van der Waals surface area contributed by atoms with E-state index in [4.69, 9.17) is 4.74 Å². The number of pyridine rings is 1. The molecule has 25 heavy (non-hydrogen) atoms. The molecular weight excluding hydrogens is 320 g/mol. The number of carbonyl (C=O) groups excluding carboxylic acids is 2. The van der Waals surface area contributed by atoms with E-state index in [0.717, 1.165) is 18.7 Å². The van der Waals surface area contributed by atoms with Gasteiger partial charge in [0.2, 0.25) is 0 Å². The number of piperidine rings is 1. The molecule has 0 bridgehead atoms. The molecule has 2 rings (SSSR count). The lowest BCUT2D eigenvalue weighted by molar-refractivity contribution is 0.0772. The Morgan fingerprint density at radius 2 is 1.92 bits per heavy atom. The van der Waals surface area contributed by atoms with Crippen molar-refractivity contribution in [3.63, 3.8) is 0 Å². The molecule has 1 aliphatic heterocycles. The molecule has 138 valence electrons. The van der Waals surface area contributed by atoms with Crippen LogP contribution < -0.4 is 5.32 Å². The minimum absolute atomic E-state index is 0.00629. The van der Waals surface area contributed by atoms with Crippen LogP contribution in [0.4, 0.5) is 10.6 Å². The van der Waals surface area contributed by atoms with Gasteiger partial charge in [0.25, 0.3) is 5.91 Å². The normalized spacial score (nSPS) is 14.9. The van der Waals surface area contributed by atoms with E-state index < -0.39 is 0 Å². The van der Waals surface area contributed by atoms with Crippen LogP contribution in [0.2, 0.25) is 0 Å². The first kappa shape index (κ1) is 19.0. The number of hydrogen-bond donors (Lipinski definition) is 1. The number of likely N-dealkylation sites (tertiary alicyclic amines) is 1. The molecule has 7 nitrogen and oxygen atoms in total. The molecule has 2 heterocycles. The van der Waals surface area contributed by atoms with E-state index in [2.05, 4.69) is 10.3 Å². The quantitative estimate of drug-likeness (QED) is 0.855. The van der Waals surface area contributed by atoms with Crippen molar-refractivity contribution < 1.29 is 14.3 Å². The van der Waals surface area contributed by atoms with Crippen molar-refractivity contribution in [3.05, 3.63) is 23.9 Å². The fourth-order valence-corrected chi connectivity index (χ4v) is 2.93. The monoisotopic (exact) mass is 348 g/mol. The van der Waals surface area contributed by atoms with Crippen LogP contribution in [0.1, 0.15) is 44.0 Å². The third-order valence-electron chi connectivity index (χ3n) is 4.43. The number of nitrogens with zero attached hydrogens (tertiary/aromatic N) is 3. The van der Waals surface area contributed by atoms with Crippen LogP contribution in [0.15, 0.2) is 18.3 Å². The summed E-state index contributed by atoms with van der Waals surface area (Å²) in [6.07, 6.45) is 3.08. The minimum Gasteiger partial charge on any atom is -0.450 e. The topological polar surface area (TPSA) is 74.8 Å². The third kappa shape index (κ3) is 5.08. The Bertz CT molecular complexity index is 564. The fraction of sp³-hybridized carbons (Fsp3) is 0.611. The van der Waals surface area contributed by atoms with Crippen molar-refractivity contribution in [3.8, 4) is 0 Å². The number of rotatable bonds is 6. The molecule has 1 aromatic rings. The highest BCUT2D eigenvalue weighted by atomic mass is 16.6. The van der Waals surface area contributed by atoms with Gasteiger partial charge in [-0.1, -0.05) is 0 Å². The van der Waals surface area contributed by atoms with Gasteiger partial charge in [-0.15, -0.1) is 0 Å². The summed E-state index contributed by atoms with van der Waals surface area (Å²) in [6, 6.07) is 3.92. The predicted molar refractivity (Wildman–Crippen MR) is 96.7 cm³/mol. The van der Waals surface area contributed by atoms with Crippen molar-refractivity contribution in [2.45, 2.75) is 39.7 Å². The van der Waals surface area contributed by atoms with Crippen LogP contribution in [0, 0.1) is 0 Å². The first-order valence-electron chi connectivity index (χ1n) is 9.02. The van der Waals surface area contributed by atoms with E-state index in [1.165, 1.54) is 0 Å². The zero-order chi connectivity index (χ0) is 18.2. The minimum atomic E-state index is -0.238. The van der Waals surface area contributed by atoms with Crippen LogP contribution in [-0.2, 0) is 4.74 Å². The molecule has 0 atom stereocenters. The number of hydrogen-bond acceptors (Lipinski definition) is 5. The van der Waals surface area contributed by atoms with E-state index >= 15 is 0 Å². The Balaban J connectivity index is 1.86. The van der Waals surface area contributed by atoms with Gasteiger partial charge in [0.05, 0.1) is 12.2 Å². The van der Waals surface area contributed by atoms with Crippen LogP contribution in [0.5, 0.6) is 0 Å². The standard InChI is InChI=1S/C18H28N4O3/c1-4-21(5-2)17(23)14-7-8-16(19-13-14)20-15-9-11-22(12-10-15)18(24)25-6-3/h7-8,13,15H,4-6,9-12H2,1-3H3,(H,19,20). The van der Waals surface area contributed by atoms with Gasteiger partial charge in [0, 0.05) is 38.4 Å². The van der Waals surface area contributed by atoms with Gasteiger partial charge in [-0.05, 0) is 45.7 Å². The molecule has 1 aliphatic rings. The first-order valence-corrected chi connectivity index (χ1v) is 9.02. The highest BCUT2D eigenvalue weighted by Crippen LogP contribution is 2.16. The van der Waals surface area contributed by atoms with Gasteiger partial charge in [-0.25, -0.2) is 9.78 Å². The number of aromatic nitrogens is 1. The van der Waals surface area contributed by atoms with Gasteiger partial charge in [-0.3, -0.25) is 4.79 Å². The molecule has 0 aliphatic carbocycles. The van der Waals surface area contributed by atoms with E-state index in [-0.39, 0.29) is 18.0 Å². The SMILES string of the molecule is CCOC(=O)N1CCC(Nc2ccc(C(=O)N(CC)CC)cn2)CC1. The van der Waals surface area contributed by atoms with Crippen molar-refractivity contribution >= 4 is 17.8 Å². The van der Waals surface area contributed by atoms with Crippen molar-refractivity contribution in [2.75, 3.05) is 38.1 Å². The number of nitrogens with one attached hydrogen (secondary N) is 1. The lowest BCUT2D eigenvalue weighted by atomic mass is 10.1. The second kappa shape index (κ2) is 9.25. The van der Waals surface area contributed by atoms with Crippen molar-refractivity contribution in [2.24, 2.45) is 0 Å². The van der Waals surface area contributed by atoms with Crippen LogP contribution in [0.3, 0.4) is 0 Å². The molecular formula is C18H28N4O3. The Kier molecular flexibility index (Phi) is 7.03. The molecule has 0 unspecified atom stereocenters. The second-order valence-corrected chi connectivity index (χ2v) is 6.01. The summed E-state index contributed by atoms with van der Waals surface area (Å²) in [5.41, 5.74) is 0.603. The molecule has 0 saturated carbocycles. The third-order valence-corrected chi connectivity index (χ3v) is 4.43. The van der Waals surface area contributed by atoms with Gasteiger partial charge < -0.3 is 19.9 Å². The maximum atomic E-state index is 12.3. The molecule has 0 radical (unpaired) electrons. The number of ether oxygens (including phenoxy) is 1. The number of carbonyl (C=O) groups is 2. The Morgan fingerprint density at radius 3 is 2.44 bits per heavy atom. The highest BCUT2D eigenvalue weighted by Gasteiger charge is 2.23. The lowest BCUT2D eigenvalue weighted by Gasteiger charge is -2.31. The molecule has 1 saturated heterocycles. The largest absolute Gasteiger partial charge is 0.450 e. The molecule has 1 fully saturated rings. The maximum absolute atomic E-state index is 12.3. The van der Waals surface area contributed by atoms with E-state index in [1.807, 2.05) is 32.9 Å². The van der Waals surface area contributed by atoms with Gasteiger partial charge in [0.15, 0.2) is 0 Å². The zero-order valence-electron chi connectivity index (χ0n) is 15.3. The summed E-state index contributed by atoms with van der Waals surface area (Å²) in [7, 11) is 0. The molecule has 2 amide bonds. The van der Waals surface area contributed by atoms with Gasteiger partial charge in [-0.2, -0.15) is 0 Å². The zero-order valence-corrected chi connectivity index (χ0v) is 15.3. The number of amides is 2. The summed E-state index contributed by atoms with van der Waals surface area (Å²) in [5, 5.41) is 3.38. The summed E-state index contributed by atoms with van der Waals surface area (Å²) in [4.78, 5) is 31.9. The average Bonchev–Trinajstić information content (AvgIpc) is 2.64. The molecule has 0 spiro atoms. The Hall–Kier alpha value is -2.31. The molecule has 7 heteroatoms. The maximum Gasteiger partial charge on any atom is 0.409 e. The van der Waals surface area contributed by atoms with Crippen LogP contribution in [0.25, 0.3) is 0 Å². The van der Waals surface area contributed by atoms with Crippen LogP contribution >= 0.6 is 0 Å². The van der Waals surface area contributed by atoms with E-state index in [9.17, 15) is 9.59 Å². The molecule has 1 N–H and O–H groups in total. The summed E-state index contributed by atoms with van der Waals surface area (Å²) < 4.78 is 5.03.